The minimum absolute atomic E-state index is 0.0404. The fourth-order valence-electron chi connectivity index (χ4n) is 1.88. The number of halogens is 2. The van der Waals surface area contributed by atoms with Gasteiger partial charge in [0.2, 0.25) is 0 Å². The number of thioether (sulfide) groups is 2. The van der Waals surface area contributed by atoms with Crippen molar-refractivity contribution in [2.45, 2.75) is 23.5 Å². The van der Waals surface area contributed by atoms with E-state index in [4.69, 9.17) is 0 Å². The maximum absolute atomic E-state index is 13.1. The first-order chi connectivity index (χ1) is 8.09. The van der Waals surface area contributed by atoms with Gasteiger partial charge in [-0.05, 0) is 17.7 Å². The summed E-state index contributed by atoms with van der Waals surface area (Å²) in [6.07, 6.45) is -0.738. The summed E-state index contributed by atoms with van der Waals surface area (Å²) in [4.78, 5) is 0. The lowest BCUT2D eigenvalue weighted by atomic mass is 10.0. The van der Waals surface area contributed by atoms with E-state index in [1.54, 1.807) is 11.8 Å². The van der Waals surface area contributed by atoms with Crippen molar-refractivity contribution in [1.29, 1.82) is 0 Å². The van der Waals surface area contributed by atoms with Gasteiger partial charge in [0.25, 0.3) is 0 Å². The Morgan fingerprint density at radius 1 is 1.24 bits per heavy atom. The second-order valence-electron chi connectivity index (χ2n) is 4.03. The molecule has 1 aliphatic rings. The van der Waals surface area contributed by atoms with Crippen molar-refractivity contribution < 1.29 is 13.9 Å². The standard InChI is InChI=1S/C12H14F2OS2/c1-7-12(17-5-4-16-7)11(15)8-2-3-9(13)10(14)6-8/h2-3,6-7,11-12,15H,4-5H2,1H3. The van der Waals surface area contributed by atoms with Gasteiger partial charge < -0.3 is 5.11 Å². The minimum Gasteiger partial charge on any atom is -0.387 e. The monoisotopic (exact) mass is 276 g/mol. The van der Waals surface area contributed by atoms with Gasteiger partial charge in [0.05, 0.1) is 6.10 Å². The first-order valence-corrected chi connectivity index (χ1v) is 7.55. The van der Waals surface area contributed by atoms with Gasteiger partial charge in [0, 0.05) is 22.0 Å². The van der Waals surface area contributed by atoms with Crippen LogP contribution in [0.3, 0.4) is 0 Å². The molecule has 2 rings (SSSR count). The summed E-state index contributed by atoms with van der Waals surface area (Å²) < 4.78 is 25.9. The van der Waals surface area contributed by atoms with Crippen LogP contribution in [-0.4, -0.2) is 27.1 Å². The third-order valence-electron chi connectivity index (χ3n) is 2.83. The van der Waals surface area contributed by atoms with Crippen LogP contribution < -0.4 is 0 Å². The molecule has 1 aliphatic heterocycles. The quantitative estimate of drug-likeness (QED) is 0.895. The van der Waals surface area contributed by atoms with Gasteiger partial charge in [-0.1, -0.05) is 13.0 Å². The molecule has 1 nitrogen and oxygen atoms in total. The van der Waals surface area contributed by atoms with Crippen molar-refractivity contribution in [3.05, 3.63) is 35.4 Å². The lowest BCUT2D eigenvalue weighted by molar-refractivity contribution is 0.173. The molecular weight excluding hydrogens is 262 g/mol. The third-order valence-corrected chi connectivity index (χ3v) is 6.01. The van der Waals surface area contributed by atoms with Crippen LogP contribution in [0.4, 0.5) is 8.78 Å². The maximum Gasteiger partial charge on any atom is 0.159 e. The van der Waals surface area contributed by atoms with Crippen LogP contribution >= 0.6 is 23.5 Å². The number of aliphatic hydroxyl groups excluding tert-OH is 1. The highest BCUT2D eigenvalue weighted by Gasteiger charge is 2.30. The predicted octanol–water partition coefficient (Wildman–Crippen LogP) is 3.24. The number of hydrogen-bond donors (Lipinski definition) is 1. The highest BCUT2D eigenvalue weighted by molar-refractivity contribution is 8.07. The van der Waals surface area contributed by atoms with Crippen LogP contribution in [0.2, 0.25) is 0 Å². The summed E-state index contributed by atoms with van der Waals surface area (Å²) in [6, 6.07) is 3.61. The molecule has 1 fully saturated rings. The number of hydrogen-bond acceptors (Lipinski definition) is 3. The molecule has 0 aliphatic carbocycles. The van der Waals surface area contributed by atoms with E-state index in [0.29, 0.717) is 10.8 Å². The Hall–Kier alpha value is -0.260. The Morgan fingerprint density at radius 2 is 1.94 bits per heavy atom. The molecule has 1 aromatic rings. The topological polar surface area (TPSA) is 20.2 Å². The predicted molar refractivity (Wildman–Crippen MR) is 69.5 cm³/mol. The molecule has 1 aromatic carbocycles. The van der Waals surface area contributed by atoms with Crippen LogP contribution in [0.25, 0.3) is 0 Å². The molecule has 0 radical (unpaired) electrons. The molecule has 0 bridgehead atoms. The second-order valence-corrected chi connectivity index (χ2v) is 6.80. The Kier molecular flexibility index (Phi) is 4.33. The SMILES string of the molecule is CC1SCCSC1C(O)c1ccc(F)c(F)c1. The normalized spacial score (nSPS) is 26.8. The summed E-state index contributed by atoms with van der Waals surface area (Å²) in [7, 11) is 0. The molecule has 3 unspecified atom stereocenters. The first kappa shape index (κ1) is 13.2. The van der Waals surface area contributed by atoms with Crippen molar-refractivity contribution in [3.63, 3.8) is 0 Å². The van der Waals surface area contributed by atoms with Gasteiger partial charge in [0.15, 0.2) is 11.6 Å². The zero-order chi connectivity index (χ0) is 12.4. The average Bonchev–Trinajstić information content (AvgIpc) is 2.32. The third kappa shape index (κ3) is 2.95. The molecule has 1 saturated heterocycles. The molecule has 0 aromatic heterocycles. The second kappa shape index (κ2) is 5.59. The molecule has 1 heterocycles. The van der Waals surface area contributed by atoms with Crippen LogP contribution in [0.15, 0.2) is 18.2 Å². The van der Waals surface area contributed by atoms with Gasteiger partial charge in [0.1, 0.15) is 0 Å². The van der Waals surface area contributed by atoms with Gasteiger partial charge in [-0.25, -0.2) is 8.78 Å². The van der Waals surface area contributed by atoms with E-state index in [0.717, 1.165) is 23.6 Å². The van der Waals surface area contributed by atoms with Crippen LogP contribution in [0.5, 0.6) is 0 Å². The molecule has 0 saturated carbocycles. The van der Waals surface area contributed by atoms with Crippen LogP contribution in [0.1, 0.15) is 18.6 Å². The maximum atomic E-state index is 13.1. The van der Waals surface area contributed by atoms with Gasteiger partial charge in [-0.15, -0.1) is 0 Å². The zero-order valence-electron chi connectivity index (χ0n) is 9.40. The highest BCUT2D eigenvalue weighted by atomic mass is 32.2. The Bertz CT molecular complexity index is 400. The summed E-state index contributed by atoms with van der Waals surface area (Å²) in [5, 5.41) is 10.6. The first-order valence-electron chi connectivity index (χ1n) is 5.46. The molecule has 0 spiro atoms. The number of rotatable bonds is 2. The molecular formula is C12H14F2OS2. The van der Waals surface area contributed by atoms with E-state index in [9.17, 15) is 13.9 Å². The fraction of sp³-hybridized carbons (Fsp3) is 0.500. The van der Waals surface area contributed by atoms with Crippen LogP contribution in [0, 0.1) is 11.6 Å². The molecule has 5 heteroatoms. The van der Waals surface area contributed by atoms with E-state index in [1.165, 1.54) is 6.07 Å². The Morgan fingerprint density at radius 3 is 2.59 bits per heavy atom. The smallest absolute Gasteiger partial charge is 0.159 e. The van der Waals surface area contributed by atoms with E-state index < -0.39 is 17.7 Å². The Balaban J connectivity index is 2.17. The van der Waals surface area contributed by atoms with Gasteiger partial charge in [-0.3, -0.25) is 0 Å². The average molecular weight is 276 g/mol. The molecule has 0 amide bonds. The van der Waals surface area contributed by atoms with Crippen LogP contribution in [-0.2, 0) is 0 Å². The molecule has 3 atom stereocenters. The van der Waals surface area contributed by atoms with Crippen molar-refractivity contribution in [2.75, 3.05) is 11.5 Å². The molecule has 1 N–H and O–H groups in total. The van der Waals surface area contributed by atoms with E-state index in [-0.39, 0.29) is 5.25 Å². The number of aliphatic hydroxyl groups is 1. The summed E-state index contributed by atoms with van der Waals surface area (Å²) in [5.41, 5.74) is 0.454. The Labute approximate surface area is 108 Å². The summed E-state index contributed by atoms with van der Waals surface area (Å²) in [6.45, 7) is 2.06. The highest BCUT2D eigenvalue weighted by Crippen LogP contribution is 2.38. The van der Waals surface area contributed by atoms with E-state index in [2.05, 4.69) is 6.92 Å². The molecule has 94 valence electrons. The lowest BCUT2D eigenvalue weighted by Crippen LogP contribution is -2.29. The van der Waals surface area contributed by atoms with Gasteiger partial charge in [-0.2, -0.15) is 23.5 Å². The van der Waals surface area contributed by atoms with E-state index in [1.807, 2.05) is 11.8 Å². The van der Waals surface area contributed by atoms with Gasteiger partial charge >= 0.3 is 0 Å². The van der Waals surface area contributed by atoms with E-state index >= 15 is 0 Å². The van der Waals surface area contributed by atoms with Crippen molar-refractivity contribution in [2.24, 2.45) is 0 Å². The fourth-order valence-corrected chi connectivity index (χ4v) is 4.72. The zero-order valence-corrected chi connectivity index (χ0v) is 11.0. The number of benzene rings is 1. The largest absolute Gasteiger partial charge is 0.387 e. The van der Waals surface area contributed by atoms with Crippen molar-refractivity contribution in [1.82, 2.24) is 0 Å². The lowest BCUT2D eigenvalue weighted by Gasteiger charge is -2.31. The van der Waals surface area contributed by atoms with Crippen molar-refractivity contribution in [3.8, 4) is 0 Å². The molecule has 17 heavy (non-hydrogen) atoms. The summed E-state index contributed by atoms with van der Waals surface area (Å²) >= 11 is 3.51. The van der Waals surface area contributed by atoms with Crippen molar-refractivity contribution >= 4 is 23.5 Å². The summed E-state index contributed by atoms with van der Waals surface area (Å²) in [5.74, 6) is 0.287. The minimum atomic E-state index is -0.900.